The van der Waals surface area contributed by atoms with Crippen LogP contribution in [-0.4, -0.2) is 24.3 Å². The van der Waals surface area contributed by atoms with Crippen molar-refractivity contribution in [2.45, 2.75) is 26.1 Å². The van der Waals surface area contributed by atoms with Crippen molar-refractivity contribution in [2.24, 2.45) is 0 Å². The molecule has 0 fully saturated rings. The molecule has 0 aliphatic carbocycles. The van der Waals surface area contributed by atoms with E-state index in [2.05, 4.69) is 15.9 Å². The van der Waals surface area contributed by atoms with Gasteiger partial charge in [-0.25, -0.2) is 0 Å². The molecule has 1 rings (SSSR count). The van der Waals surface area contributed by atoms with E-state index in [-0.39, 0.29) is 0 Å². The highest BCUT2D eigenvalue weighted by Gasteiger charge is 2.27. The van der Waals surface area contributed by atoms with Gasteiger partial charge in [0.05, 0.1) is 0 Å². The predicted octanol–water partition coefficient (Wildman–Crippen LogP) is 2.41. The number of alkyl halides is 1. The van der Waals surface area contributed by atoms with Crippen molar-refractivity contribution in [3.05, 3.63) is 12.0 Å². The van der Waals surface area contributed by atoms with Crippen molar-refractivity contribution in [1.82, 2.24) is 0 Å². The third kappa shape index (κ3) is 4.00. The van der Waals surface area contributed by atoms with Gasteiger partial charge in [-0.2, -0.15) is 0 Å². The van der Waals surface area contributed by atoms with Crippen LogP contribution in [0, 0.1) is 0 Å². The summed E-state index contributed by atoms with van der Waals surface area (Å²) in [5, 5.41) is 0.967. The lowest BCUT2D eigenvalue weighted by atomic mass is 10.4. The van der Waals surface area contributed by atoms with Crippen molar-refractivity contribution in [3.8, 4) is 0 Å². The minimum atomic E-state index is -0.520. The Morgan fingerprint density at radius 2 is 2.31 bits per heavy atom. The van der Waals surface area contributed by atoms with Gasteiger partial charge in [-0.05, 0) is 6.42 Å². The predicted molar refractivity (Wildman–Crippen MR) is 53.6 cm³/mol. The van der Waals surface area contributed by atoms with Gasteiger partial charge in [-0.15, -0.1) is 0 Å². The average Bonchev–Trinajstić information content (AvgIpc) is 2.40. The Kier molecular flexibility index (Phi) is 4.06. The van der Waals surface area contributed by atoms with Gasteiger partial charge >= 0.3 is 0 Å². The fraction of sp³-hybridized carbons (Fsp3) is 0.778. The zero-order valence-electron chi connectivity index (χ0n) is 8.01. The Hall–Kier alpha value is -0.220. The topological polar surface area (TPSA) is 27.7 Å². The fourth-order valence-electron chi connectivity index (χ4n) is 0.964. The Morgan fingerprint density at radius 3 is 2.85 bits per heavy atom. The van der Waals surface area contributed by atoms with Gasteiger partial charge in [0, 0.05) is 25.8 Å². The Morgan fingerprint density at radius 1 is 1.54 bits per heavy atom. The van der Waals surface area contributed by atoms with Crippen LogP contribution < -0.4 is 0 Å². The van der Waals surface area contributed by atoms with Gasteiger partial charge < -0.3 is 14.2 Å². The normalized spacial score (nSPS) is 19.2. The standard InChI is InChI=1S/C9H15BrO3/c1-9(2)12-7-8(13-9)6-11-5-3-4-10/h7H,3-6H2,1-2H3. The van der Waals surface area contributed by atoms with Crippen LogP contribution in [0.5, 0.6) is 0 Å². The van der Waals surface area contributed by atoms with Crippen LogP contribution in [0.1, 0.15) is 20.3 Å². The molecule has 0 unspecified atom stereocenters. The van der Waals surface area contributed by atoms with Crippen molar-refractivity contribution in [1.29, 1.82) is 0 Å². The first-order chi connectivity index (χ1) is 6.14. The molecule has 13 heavy (non-hydrogen) atoms. The second-order valence-corrected chi connectivity index (χ2v) is 4.09. The van der Waals surface area contributed by atoms with E-state index in [1.165, 1.54) is 0 Å². The molecule has 1 heterocycles. The molecule has 0 radical (unpaired) electrons. The first-order valence-electron chi connectivity index (χ1n) is 4.33. The fourth-order valence-corrected chi connectivity index (χ4v) is 1.19. The summed E-state index contributed by atoms with van der Waals surface area (Å²) in [6.07, 6.45) is 2.63. The monoisotopic (exact) mass is 250 g/mol. The molecule has 0 atom stereocenters. The zero-order chi connectivity index (χ0) is 9.73. The Labute approximate surface area is 87.2 Å². The van der Waals surface area contributed by atoms with Gasteiger partial charge in [-0.3, -0.25) is 0 Å². The average molecular weight is 251 g/mol. The first kappa shape index (κ1) is 10.9. The van der Waals surface area contributed by atoms with E-state index >= 15 is 0 Å². The molecule has 0 aromatic carbocycles. The maximum absolute atomic E-state index is 5.43. The second kappa shape index (κ2) is 4.86. The molecule has 0 N–H and O–H groups in total. The summed E-state index contributed by atoms with van der Waals surface area (Å²) in [6, 6.07) is 0. The van der Waals surface area contributed by atoms with Crippen LogP contribution in [0.4, 0.5) is 0 Å². The van der Waals surface area contributed by atoms with E-state index in [0.29, 0.717) is 6.61 Å². The quantitative estimate of drug-likeness (QED) is 0.554. The minimum Gasteiger partial charge on any atom is -0.457 e. The van der Waals surface area contributed by atoms with Gasteiger partial charge in [0.25, 0.3) is 0 Å². The highest BCUT2D eigenvalue weighted by Crippen LogP contribution is 2.23. The van der Waals surface area contributed by atoms with Crippen LogP contribution in [0.3, 0.4) is 0 Å². The summed E-state index contributed by atoms with van der Waals surface area (Å²) < 4.78 is 16.0. The van der Waals surface area contributed by atoms with Crippen molar-refractivity contribution < 1.29 is 14.2 Å². The summed E-state index contributed by atoms with van der Waals surface area (Å²) in [7, 11) is 0. The summed E-state index contributed by atoms with van der Waals surface area (Å²) in [4.78, 5) is 0. The van der Waals surface area contributed by atoms with Gasteiger partial charge in [0.15, 0.2) is 5.76 Å². The van der Waals surface area contributed by atoms with E-state index < -0.39 is 5.79 Å². The second-order valence-electron chi connectivity index (χ2n) is 3.30. The number of halogens is 1. The van der Waals surface area contributed by atoms with Crippen LogP contribution in [0.25, 0.3) is 0 Å². The maximum Gasteiger partial charge on any atom is 0.244 e. The van der Waals surface area contributed by atoms with Crippen molar-refractivity contribution >= 4 is 15.9 Å². The van der Waals surface area contributed by atoms with Crippen LogP contribution >= 0.6 is 15.9 Å². The summed E-state index contributed by atoms with van der Waals surface area (Å²) in [5.41, 5.74) is 0. The lowest BCUT2D eigenvalue weighted by Crippen LogP contribution is -2.20. The molecule has 0 saturated heterocycles. The molecule has 0 saturated carbocycles. The van der Waals surface area contributed by atoms with E-state index in [1.807, 2.05) is 13.8 Å². The molecular weight excluding hydrogens is 236 g/mol. The Bertz CT molecular complexity index is 189. The Balaban J connectivity index is 2.10. The van der Waals surface area contributed by atoms with Gasteiger partial charge in [0.1, 0.15) is 12.9 Å². The maximum atomic E-state index is 5.43. The first-order valence-corrected chi connectivity index (χ1v) is 5.46. The van der Waals surface area contributed by atoms with Crippen LogP contribution in [0.2, 0.25) is 0 Å². The highest BCUT2D eigenvalue weighted by molar-refractivity contribution is 9.09. The van der Waals surface area contributed by atoms with Gasteiger partial charge in [0.2, 0.25) is 5.79 Å². The molecule has 4 heteroatoms. The summed E-state index contributed by atoms with van der Waals surface area (Å²) in [5.74, 6) is 0.244. The molecule has 1 aliphatic rings. The van der Waals surface area contributed by atoms with E-state index in [9.17, 15) is 0 Å². The summed E-state index contributed by atoms with van der Waals surface area (Å²) >= 11 is 3.33. The number of ether oxygens (including phenoxy) is 3. The third-order valence-electron chi connectivity index (χ3n) is 1.52. The number of hydrogen-bond acceptors (Lipinski definition) is 3. The minimum absolute atomic E-state index is 0.496. The number of rotatable bonds is 5. The van der Waals surface area contributed by atoms with Crippen molar-refractivity contribution in [3.63, 3.8) is 0 Å². The molecule has 0 amide bonds. The summed E-state index contributed by atoms with van der Waals surface area (Å²) in [6.45, 7) is 4.98. The molecular formula is C9H15BrO3. The molecule has 0 aromatic rings. The smallest absolute Gasteiger partial charge is 0.244 e. The van der Waals surface area contributed by atoms with Gasteiger partial charge in [-0.1, -0.05) is 15.9 Å². The van der Waals surface area contributed by atoms with E-state index in [1.54, 1.807) is 6.26 Å². The van der Waals surface area contributed by atoms with E-state index in [0.717, 1.165) is 24.1 Å². The SMILES string of the molecule is CC1(C)OC=C(COCCCBr)O1. The molecule has 0 aromatic heterocycles. The largest absolute Gasteiger partial charge is 0.457 e. The van der Waals surface area contributed by atoms with Crippen LogP contribution in [0.15, 0.2) is 12.0 Å². The molecule has 76 valence electrons. The zero-order valence-corrected chi connectivity index (χ0v) is 9.59. The molecule has 3 nitrogen and oxygen atoms in total. The highest BCUT2D eigenvalue weighted by atomic mass is 79.9. The lowest BCUT2D eigenvalue weighted by Gasteiger charge is -2.18. The lowest BCUT2D eigenvalue weighted by molar-refractivity contribution is -0.121. The molecule has 0 spiro atoms. The molecule has 0 bridgehead atoms. The molecule has 1 aliphatic heterocycles. The van der Waals surface area contributed by atoms with Crippen LogP contribution in [-0.2, 0) is 14.2 Å². The van der Waals surface area contributed by atoms with E-state index in [4.69, 9.17) is 14.2 Å². The number of hydrogen-bond donors (Lipinski definition) is 0. The van der Waals surface area contributed by atoms with Crippen molar-refractivity contribution in [2.75, 3.05) is 18.5 Å². The third-order valence-corrected chi connectivity index (χ3v) is 2.08.